The van der Waals surface area contributed by atoms with Gasteiger partial charge < -0.3 is 14.0 Å². The number of oxazole rings is 1. The summed E-state index contributed by atoms with van der Waals surface area (Å²) in [5, 5.41) is 0.553. The summed E-state index contributed by atoms with van der Waals surface area (Å²) in [7, 11) is 0. The first kappa shape index (κ1) is 23.6. The van der Waals surface area contributed by atoms with Gasteiger partial charge in [-0.3, -0.25) is 9.59 Å². The molecule has 2 amide bonds. The smallest absolute Gasteiger partial charge is 0.363 e. The Labute approximate surface area is 218 Å². The molecule has 6 rings (SSSR count). The predicted molar refractivity (Wildman–Crippen MR) is 133 cm³/mol. The zero-order valence-electron chi connectivity index (χ0n) is 20.5. The van der Waals surface area contributed by atoms with Crippen LogP contribution in [0.25, 0.3) is 22.8 Å². The summed E-state index contributed by atoms with van der Waals surface area (Å²) in [6, 6.07) is 16.8. The second-order valence-electron chi connectivity index (χ2n) is 9.22. The first-order chi connectivity index (χ1) is 18.5. The molecule has 0 spiro atoms. The highest BCUT2D eigenvalue weighted by Crippen LogP contribution is 2.31. The van der Waals surface area contributed by atoms with Crippen LogP contribution < -0.4 is 9.30 Å². The molecule has 2 aromatic heterocycles. The number of hydrogen-bond acceptors (Lipinski definition) is 7. The maximum Gasteiger partial charge on any atom is 0.363 e. The van der Waals surface area contributed by atoms with Gasteiger partial charge in [-0.2, -0.15) is 0 Å². The van der Waals surface area contributed by atoms with Gasteiger partial charge in [-0.25, -0.2) is 14.3 Å². The molecule has 4 aromatic rings. The van der Waals surface area contributed by atoms with Crippen LogP contribution in [0.4, 0.5) is 0 Å². The summed E-state index contributed by atoms with van der Waals surface area (Å²) >= 11 is 0. The SMILES string of the molecule is O=C(ON1C(=O)CCC1=O)c1cccc(C[n+]2ccc(-c3cnc(-c4ccc5c(c4)CCCO5)o3)cc2)c1. The van der Waals surface area contributed by atoms with Crippen LogP contribution in [-0.4, -0.2) is 34.4 Å². The number of fused-ring (bicyclic) bond motifs is 1. The fourth-order valence-electron chi connectivity index (χ4n) is 4.56. The number of nitrogens with zero attached hydrogens (tertiary/aromatic N) is 3. The van der Waals surface area contributed by atoms with Crippen LogP contribution in [-0.2, 0) is 27.4 Å². The van der Waals surface area contributed by atoms with Crippen molar-refractivity contribution < 1.29 is 32.9 Å². The Balaban J connectivity index is 1.13. The number of aromatic nitrogens is 2. The van der Waals surface area contributed by atoms with Crippen LogP contribution in [0.3, 0.4) is 0 Å². The zero-order valence-corrected chi connectivity index (χ0v) is 20.5. The molecule has 2 aromatic carbocycles. The third-order valence-electron chi connectivity index (χ3n) is 6.54. The van der Waals surface area contributed by atoms with E-state index < -0.39 is 17.8 Å². The number of carbonyl (C=O) groups is 3. The number of benzene rings is 2. The molecular weight excluding hydrogens is 486 g/mol. The second-order valence-corrected chi connectivity index (χ2v) is 9.22. The van der Waals surface area contributed by atoms with Crippen molar-refractivity contribution in [3.8, 4) is 28.5 Å². The number of imide groups is 1. The lowest BCUT2D eigenvalue weighted by Crippen LogP contribution is -2.33. The average molecular weight is 511 g/mol. The van der Waals surface area contributed by atoms with Crippen LogP contribution >= 0.6 is 0 Å². The summed E-state index contributed by atoms with van der Waals surface area (Å²) < 4.78 is 13.7. The van der Waals surface area contributed by atoms with Crippen LogP contribution in [0.5, 0.6) is 5.75 Å². The van der Waals surface area contributed by atoms with Crippen LogP contribution in [0.15, 0.2) is 77.6 Å². The zero-order chi connectivity index (χ0) is 26.1. The van der Waals surface area contributed by atoms with E-state index in [1.807, 2.05) is 47.3 Å². The molecule has 0 bridgehead atoms. The number of aryl methyl sites for hydroxylation is 1. The molecule has 0 radical (unpaired) electrons. The topological polar surface area (TPSA) is 103 Å². The monoisotopic (exact) mass is 510 g/mol. The van der Waals surface area contributed by atoms with Gasteiger partial charge in [-0.15, -0.1) is 5.06 Å². The molecule has 0 saturated carbocycles. The molecule has 1 fully saturated rings. The third kappa shape index (κ3) is 4.78. The van der Waals surface area contributed by atoms with Crippen molar-refractivity contribution in [2.24, 2.45) is 0 Å². The largest absolute Gasteiger partial charge is 0.493 e. The summed E-state index contributed by atoms with van der Waals surface area (Å²) in [5.41, 5.74) is 4.09. The summed E-state index contributed by atoms with van der Waals surface area (Å²) in [6.45, 7) is 1.26. The molecule has 0 unspecified atom stereocenters. The second kappa shape index (κ2) is 9.93. The quantitative estimate of drug-likeness (QED) is 0.286. The van der Waals surface area contributed by atoms with Crippen LogP contribution in [0.1, 0.15) is 40.7 Å². The Hall–Kier alpha value is -4.79. The molecular formula is C29H24N3O6+. The van der Waals surface area contributed by atoms with Gasteiger partial charge >= 0.3 is 5.97 Å². The van der Waals surface area contributed by atoms with E-state index in [0.717, 1.165) is 41.9 Å². The van der Waals surface area contributed by atoms with Crippen LogP contribution in [0.2, 0.25) is 0 Å². The summed E-state index contributed by atoms with van der Waals surface area (Å²) in [5.74, 6) is 0.391. The summed E-state index contributed by atoms with van der Waals surface area (Å²) in [6.07, 6.45) is 7.65. The molecule has 2 aliphatic heterocycles. The van der Waals surface area contributed by atoms with Gasteiger partial charge in [-0.05, 0) is 48.7 Å². The van der Waals surface area contributed by atoms with Crippen molar-refractivity contribution in [1.82, 2.24) is 10.0 Å². The van der Waals surface area contributed by atoms with Gasteiger partial charge in [0.15, 0.2) is 24.7 Å². The number of hydrogen-bond donors (Lipinski definition) is 0. The Morgan fingerprint density at radius 3 is 2.61 bits per heavy atom. The predicted octanol–water partition coefficient (Wildman–Crippen LogP) is 3.89. The Morgan fingerprint density at radius 2 is 1.79 bits per heavy atom. The van der Waals surface area contributed by atoms with Gasteiger partial charge in [0.05, 0.1) is 18.4 Å². The summed E-state index contributed by atoms with van der Waals surface area (Å²) in [4.78, 5) is 45.4. The minimum Gasteiger partial charge on any atom is -0.493 e. The fourth-order valence-corrected chi connectivity index (χ4v) is 4.56. The van der Waals surface area contributed by atoms with Gasteiger partial charge in [0.2, 0.25) is 5.89 Å². The van der Waals surface area contributed by atoms with E-state index in [2.05, 4.69) is 11.1 Å². The van der Waals surface area contributed by atoms with Gasteiger partial charge in [0.25, 0.3) is 11.8 Å². The molecule has 38 heavy (non-hydrogen) atoms. The van der Waals surface area contributed by atoms with Gasteiger partial charge in [-0.1, -0.05) is 12.1 Å². The Morgan fingerprint density at radius 1 is 0.974 bits per heavy atom. The number of rotatable bonds is 6. The molecule has 190 valence electrons. The fraction of sp³-hybridized carbons (Fsp3) is 0.207. The van der Waals surface area contributed by atoms with E-state index in [1.54, 1.807) is 24.4 Å². The molecule has 0 aliphatic carbocycles. The van der Waals surface area contributed by atoms with E-state index in [9.17, 15) is 14.4 Å². The van der Waals surface area contributed by atoms with Crippen molar-refractivity contribution in [1.29, 1.82) is 0 Å². The number of pyridine rings is 1. The lowest BCUT2D eigenvalue weighted by Gasteiger charge is -2.17. The number of carbonyl (C=O) groups excluding carboxylic acids is 3. The first-order valence-electron chi connectivity index (χ1n) is 12.4. The van der Waals surface area contributed by atoms with E-state index in [1.165, 1.54) is 5.56 Å². The van der Waals surface area contributed by atoms with Gasteiger partial charge in [0, 0.05) is 41.7 Å². The maximum atomic E-state index is 12.5. The highest BCUT2D eigenvalue weighted by atomic mass is 16.7. The van der Waals surface area contributed by atoms with E-state index in [-0.39, 0.29) is 18.4 Å². The standard InChI is InChI=1S/C29H24N3O6/c33-26-8-9-27(34)32(26)38-29(35)23-4-1-3-19(15-23)18-31-12-10-20(11-13-31)25-17-30-28(37-25)22-6-7-24-21(16-22)5-2-14-36-24/h1,3-4,6-7,10-13,15-17H,2,5,8-9,14,18H2/q+1. The number of hydroxylamine groups is 2. The molecule has 0 atom stereocenters. The number of ether oxygens (including phenoxy) is 1. The van der Waals surface area contributed by atoms with Gasteiger partial charge in [0.1, 0.15) is 5.75 Å². The van der Waals surface area contributed by atoms with E-state index in [4.69, 9.17) is 14.0 Å². The highest BCUT2D eigenvalue weighted by molar-refractivity contribution is 6.02. The highest BCUT2D eigenvalue weighted by Gasteiger charge is 2.33. The third-order valence-corrected chi connectivity index (χ3v) is 6.54. The van der Waals surface area contributed by atoms with Crippen molar-refractivity contribution in [2.45, 2.75) is 32.2 Å². The lowest BCUT2D eigenvalue weighted by atomic mass is 10.0. The normalized spacial score (nSPS) is 14.8. The maximum absolute atomic E-state index is 12.5. The minimum absolute atomic E-state index is 0.0532. The van der Waals surface area contributed by atoms with Crippen LogP contribution in [0, 0.1) is 0 Å². The van der Waals surface area contributed by atoms with Crippen molar-refractivity contribution in [2.75, 3.05) is 6.61 Å². The molecule has 0 N–H and O–H groups in total. The van der Waals surface area contributed by atoms with Crippen molar-refractivity contribution in [3.05, 3.63) is 89.9 Å². The minimum atomic E-state index is -0.747. The van der Waals surface area contributed by atoms with Crippen molar-refractivity contribution >= 4 is 17.8 Å². The Kier molecular flexibility index (Phi) is 6.17. The lowest BCUT2D eigenvalue weighted by molar-refractivity contribution is -0.688. The molecule has 2 aliphatic rings. The van der Waals surface area contributed by atoms with E-state index >= 15 is 0 Å². The Bertz CT molecular complexity index is 1530. The van der Waals surface area contributed by atoms with Crippen molar-refractivity contribution in [3.63, 3.8) is 0 Å². The molecule has 9 heteroatoms. The molecule has 9 nitrogen and oxygen atoms in total. The average Bonchev–Trinajstić information content (AvgIpc) is 3.56. The first-order valence-corrected chi connectivity index (χ1v) is 12.4. The molecule has 1 saturated heterocycles. The number of amides is 2. The molecule has 4 heterocycles. The van der Waals surface area contributed by atoms with E-state index in [0.29, 0.717) is 23.3 Å².